The van der Waals surface area contributed by atoms with Crippen molar-refractivity contribution in [2.75, 3.05) is 30.4 Å². The maximum Gasteiger partial charge on any atom is 0.258 e. The molecule has 0 aliphatic carbocycles. The highest BCUT2D eigenvalue weighted by molar-refractivity contribution is 6.05. The van der Waals surface area contributed by atoms with Gasteiger partial charge in [-0.15, -0.1) is 0 Å². The molecule has 0 aliphatic rings. The standard InChI is InChI=1S/C19H23N3O2/c1-3-13-20-18(23)14-21-16-11-9-15(10-12-16)19(24)22(2)17-7-5-4-6-8-17/h4-12,21H,3,13-14H2,1-2H3,(H,20,23). The van der Waals surface area contributed by atoms with Crippen LogP contribution in [0.5, 0.6) is 0 Å². The summed E-state index contributed by atoms with van der Waals surface area (Å²) < 4.78 is 0. The van der Waals surface area contributed by atoms with Crippen LogP contribution in [0.1, 0.15) is 23.7 Å². The third kappa shape index (κ3) is 4.84. The molecule has 24 heavy (non-hydrogen) atoms. The van der Waals surface area contributed by atoms with Crippen molar-refractivity contribution in [2.45, 2.75) is 13.3 Å². The highest BCUT2D eigenvalue weighted by Gasteiger charge is 2.13. The number of benzene rings is 2. The molecule has 0 radical (unpaired) electrons. The predicted molar refractivity (Wildman–Crippen MR) is 97.4 cm³/mol. The van der Waals surface area contributed by atoms with Gasteiger partial charge in [-0.3, -0.25) is 9.59 Å². The lowest BCUT2D eigenvalue weighted by Gasteiger charge is -2.17. The van der Waals surface area contributed by atoms with Crippen molar-refractivity contribution in [3.8, 4) is 0 Å². The fourth-order valence-corrected chi connectivity index (χ4v) is 2.20. The molecule has 2 aromatic carbocycles. The van der Waals surface area contributed by atoms with E-state index >= 15 is 0 Å². The maximum atomic E-state index is 12.5. The molecule has 0 atom stereocenters. The molecule has 5 nitrogen and oxygen atoms in total. The lowest BCUT2D eigenvalue weighted by molar-refractivity contribution is -0.119. The molecular formula is C19H23N3O2. The number of amides is 2. The van der Waals surface area contributed by atoms with Crippen molar-refractivity contribution in [1.82, 2.24) is 5.32 Å². The molecule has 2 rings (SSSR count). The van der Waals surface area contributed by atoms with Crippen LogP contribution in [-0.4, -0.2) is 32.0 Å². The first-order valence-electron chi connectivity index (χ1n) is 8.05. The lowest BCUT2D eigenvalue weighted by atomic mass is 10.1. The molecule has 5 heteroatoms. The van der Waals surface area contributed by atoms with E-state index in [0.717, 1.165) is 17.8 Å². The SMILES string of the molecule is CCCNC(=O)CNc1ccc(C(=O)N(C)c2ccccc2)cc1. The van der Waals surface area contributed by atoms with Crippen molar-refractivity contribution in [3.63, 3.8) is 0 Å². The van der Waals surface area contributed by atoms with Crippen molar-refractivity contribution in [1.29, 1.82) is 0 Å². The fraction of sp³-hybridized carbons (Fsp3) is 0.263. The first kappa shape index (κ1) is 17.5. The molecule has 0 saturated carbocycles. The number of hydrogen-bond acceptors (Lipinski definition) is 3. The van der Waals surface area contributed by atoms with E-state index in [2.05, 4.69) is 10.6 Å². The Labute approximate surface area is 142 Å². The molecule has 0 saturated heterocycles. The second-order valence-electron chi connectivity index (χ2n) is 5.48. The van der Waals surface area contributed by atoms with E-state index in [1.807, 2.05) is 37.3 Å². The summed E-state index contributed by atoms with van der Waals surface area (Å²) in [5.41, 5.74) is 2.25. The second-order valence-corrected chi connectivity index (χ2v) is 5.48. The van der Waals surface area contributed by atoms with E-state index in [1.165, 1.54) is 0 Å². The van der Waals surface area contributed by atoms with Crippen LogP contribution in [0.15, 0.2) is 54.6 Å². The number of hydrogen-bond donors (Lipinski definition) is 2. The van der Waals surface area contributed by atoms with Crippen LogP contribution in [0, 0.1) is 0 Å². The van der Waals surface area contributed by atoms with Gasteiger partial charge >= 0.3 is 0 Å². The van der Waals surface area contributed by atoms with Crippen LogP contribution in [0.25, 0.3) is 0 Å². The third-order valence-corrected chi connectivity index (χ3v) is 3.61. The van der Waals surface area contributed by atoms with Crippen LogP contribution in [-0.2, 0) is 4.79 Å². The van der Waals surface area contributed by atoms with E-state index in [9.17, 15) is 9.59 Å². The number of anilines is 2. The molecule has 0 fully saturated rings. The minimum atomic E-state index is -0.0755. The highest BCUT2D eigenvalue weighted by atomic mass is 16.2. The number of para-hydroxylation sites is 1. The van der Waals surface area contributed by atoms with E-state index in [0.29, 0.717) is 12.1 Å². The van der Waals surface area contributed by atoms with Crippen molar-refractivity contribution >= 4 is 23.2 Å². The van der Waals surface area contributed by atoms with E-state index < -0.39 is 0 Å². The smallest absolute Gasteiger partial charge is 0.258 e. The fourth-order valence-electron chi connectivity index (χ4n) is 2.20. The largest absolute Gasteiger partial charge is 0.376 e. The number of nitrogens with one attached hydrogen (secondary N) is 2. The van der Waals surface area contributed by atoms with Gasteiger partial charge in [-0.2, -0.15) is 0 Å². The average Bonchev–Trinajstić information content (AvgIpc) is 2.64. The molecule has 0 spiro atoms. The van der Waals surface area contributed by atoms with Gasteiger partial charge in [-0.1, -0.05) is 25.1 Å². The first-order chi connectivity index (χ1) is 11.6. The minimum absolute atomic E-state index is 0.0409. The Hall–Kier alpha value is -2.82. The Morgan fingerprint density at radius 1 is 1.00 bits per heavy atom. The lowest BCUT2D eigenvalue weighted by Crippen LogP contribution is -2.30. The summed E-state index contributed by atoms with van der Waals surface area (Å²) in [5.74, 6) is -0.116. The van der Waals surface area contributed by atoms with E-state index in [4.69, 9.17) is 0 Å². The van der Waals surface area contributed by atoms with Crippen LogP contribution >= 0.6 is 0 Å². The number of carbonyl (C=O) groups excluding carboxylic acids is 2. The van der Waals surface area contributed by atoms with Gasteiger partial charge in [0.1, 0.15) is 0 Å². The molecule has 2 amide bonds. The van der Waals surface area contributed by atoms with Crippen molar-refractivity contribution in [2.24, 2.45) is 0 Å². The molecule has 126 valence electrons. The Kier molecular flexibility index (Phi) is 6.37. The zero-order valence-electron chi connectivity index (χ0n) is 14.1. The summed E-state index contributed by atoms with van der Waals surface area (Å²) in [6.45, 7) is 2.91. The number of nitrogens with zero attached hydrogens (tertiary/aromatic N) is 1. The topological polar surface area (TPSA) is 61.4 Å². The van der Waals surface area contributed by atoms with Crippen LogP contribution in [0.4, 0.5) is 11.4 Å². The molecule has 0 aromatic heterocycles. The summed E-state index contributed by atoms with van der Waals surface area (Å²) in [6.07, 6.45) is 0.914. The quantitative estimate of drug-likeness (QED) is 0.823. The molecule has 0 aliphatic heterocycles. The minimum Gasteiger partial charge on any atom is -0.376 e. The van der Waals surface area contributed by atoms with Crippen LogP contribution < -0.4 is 15.5 Å². The maximum absolute atomic E-state index is 12.5. The first-order valence-corrected chi connectivity index (χ1v) is 8.05. The number of carbonyl (C=O) groups is 2. The molecular weight excluding hydrogens is 302 g/mol. The average molecular weight is 325 g/mol. The number of rotatable bonds is 7. The Bertz CT molecular complexity index is 669. The molecule has 2 N–H and O–H groups in total. The molecule has 0 unspecified atom stereocenters. The van der Waals surface area contributed by atoms with Gasteiger partial charge in [0.25, 0.3) is 5.91 Å². The Balaban J connectivity index is 1.94. The van der Waals surface area contributed by atoms with Gasteiger partial charge in [0.15, 0.2) is 0 Å². The third-order valence-electron chi connectivity index (χ3n) is 3.61. The van der Waals surface area contributed by atoms with Crippen molar-refractivity contribution < 1.29 is 9.59 Å². The van der Waals surface area contributed by atoms with Gasteiger partial charge in [0.05, 0.1) is 6.54 Å². The van der Waals surface area contributed by atoms with Crippen molar-refractivity contribution in [3.05, 3.63) is 60.2 Å². The van der Waals surface area contributed by atoms with Gasteiger partial charge in [0.2, 0.25) is 5.91 Å². The Morgan fingerprint density at radius 2 is 1.67 bits per heavy atom. The van der Waals surface area contributed by atoms with Crippen LogP contribution in [0.3, 0.4) is 0 Å². The van der Waals surface area contributed by atoms with Gasteiger partial charge in [-0.25, -0.2) is 0 Å². The van der Waals surface area contributed by atoms with Crippen LogP contribution in [0.2, 0.25) is 0 Å². The van der Waals surface area contributed by atoms with Gasteiger partial charge < -0.3 is 15.5 Å². The molecule has 2 aromatic rings. The van der Waals surface area contributed by atoms with Gasteiger partial charge in [-0.05, 0) is 42.8 Å². The normalized spacial score (nSPS) is 10.1. The monoisotopic (exact) mass is 325 g/mol. The van der Waals surface area contributed by atoms with E-state index in [-0.39, 0.29) is 18.4 Å². The molecule has 0 heterocycles. The second kappa shape index (κ2) is 8.72. The predicted octanol–water partition coefficient (Wildman–Crippen LogP) is 2.90. The highest BCUT2D eigenvalue weighted by Crippen LogP contribution is 2.16. The zero-order chi connectivity index (χ0) is 17.4. The van der Waals surface area contributed by atoms with E-state index in [1.54, 1.807) is 36.2 Å². The summed E-state index contributed by atoms with van der Waals surface area (Å²) >= 11 is 0. The summed E-state index contributed by atoms with van der Waals surface area (Å²) in [4.78, 5) is 25.7. The summed E-state index contributed by atoms with van der Waals surface area (Å²) in [7, 11) is 1.75. The van der Waals surface area contributed by atoms with Gasteiger partial charge in [0, 0.05) is 30.5 Å². The Morgan fingerprint density at radius 3 is 2.29 bits per heavy atom. The molecule has 0 bridgehead atoms. The summed E-state index contributed by atoms with van der Waals surface area (Å²) in [5, 5.41) is 5.85. The summed E-state index contributed by atoms with van der Waals surface area (Å²) in [6, 6.07) is 16.6. The zero-order valence-corrected chi connectivity index (χ0v) is 14.1.